The van der Waals surface area contributed by atoms with Crippen LogP contribution >= 0.6 is 0 Å². The molecule has 0 saturated carbocycles. The van der Waals surface area contributed by atoms with E-state index in [-0.39, 0.29) is 0 Å². The minimum Gasteiger partial charge on any atom is -0.494 e. The van der Waals surface area contributed by atoms with Gasteiger partial charge < -0.3 is 9.30 Å². The van der Waals surface area contributed by atoms with Gasteiger partial charge in [0.1, 0.15) is 11.6 Å². The predicted molar refractivity (Wildman–Crippen MR) is 91.5 cm³/mol. The van der Waals surface area contributed by atoms with Gasteiger partial charge in [0.25, 0.3) is 5.56 Å². The average Bonchev–Trinajstić information content (AvgIpc) is 2.91. The maximum atomic E-state index is 12.0. The summed E-state index contributed by atoms with van der Waals surface area (Å²) in [6.07, 6.45) is 2.49. The van der Waals surface area contributed by atoms with Gasteiger partial charge >= 0.3 is 5.69 Å². The van der Waals surface area contributed by atoms with Crippen LogP contribution in [-0.4, -0.2) is 25.7 Å². The van der Waals surface area contributed by atoms with E-state index in [1.54, 1.807) is 18.7 Å². The van der Waals surface area contributed by atoms with Gasteiger partial charge in [-0.3, -0.25) is 14.3 Å². The van der Waals surface area contributed by atoms with Crippen LogP contribution < -0.4 is 16.0 Å². The van der Waals surface area contributed by atoms with Crippen LogP contribution in [0, 0.1) is 0 Å². The molecule has 0 amide bonds. The van der Waals surface area contributed by atoms with Crippen molar-refractivity contribution in [3.8, 4) is 5.75 Å². The lowest BCUT2D eigenvalue weighted by Gasteiger charge is -2.05. The number of rotatable bonds is 6. The van der Waals surface area contributed by atoms with Crippen LogP contribution in [0.4, 0.5) is 0 Å². The lowest BCUT2D eigenvalue weighted by atomic mass is 10.2. The molecule has 3 rings (SSSR count). The lowest BCUT2D eigenvalue weighted by Crippen LogP contribution is -2.29. The first kappa shape index (κ1) is 16.0. The van der Waals surface area contributed by atoms with Crippen LogP contribution in [0.2, 0.25) is 0 Å². The summed E-state index contributed by atoms with van der Waals surface area (Å²) < 4.78 is 8.77. The number of benzene rings is 1. The first-order valence-electron chi connectivity index (χ1n) is 7.90. The Bertz CT molecular complexity index is 954. The molecule has 0 fully saturated rings. The normalized spacial score (nSPS) is 11.1. The van der Waals surface area contributed by atoms with Crippen LogP contribution in [0.15, 0.2) is 39.9 Å². The zero-order valence-electron chi connectivity index (χ0n) is 13.8. The minimum atomic E-state index is -0.451. The molecule has 0 spiro atoms. The molecule has 0 unspecified atom stereocenters. The Hall–Kier alpha value is -2.83. The number of unbranched alkanes of at least 4 members (excludes halogenated alkanes) is 1. The van der Waals surface area contributed by atoms with Gasteiger partial charge in [-0.15, -0.1) is 0 Å². The number of aromatic amines is 1. The van der Waals surface area contributed by atoms with Gasteiger partial charge in [0, 0.05) is 20.5 Å². The summed E-state index contributed by atoms with van der Waals surface area (Å²) in [7, 11) is 3.40. The summed E-state index contributed by atoms with van der Waals surface area (Å²) in [5.74, 6) is 1.65. The highest BCUT2D eigenvalue weighted by Crippen LogP contribution is 2.12. The van der Waals surface area contributed by atoms with E-state index in [2.05, 4.69) is 9.97 Å². The molecule has 7 nitrogen and oxygen atoms in total. The van der Waals surface area contributed by atoms with E-state index in [0.717, 1.165) is 30.8 Å². The van der Waals surface area contributed by atoms with Crippen molar-refractivity contribution in [1.82, 2.24) is 19.1 Å². The third-order valence-electron chi connectivity index (χ3n) is 4.03. The van der Waals surface area contributed by atoms with Crippen molar-refractivity contribution in [3.63, 3.8) is 0 Å². The van der Waals surface area contributed by atoms with Crippen LogP contribution in [-0.2, 0) is 20.5 Å². The highest BCUT2D eigenvalue weighted by atomic mass is 16.5. The van der Waals surface area contributed by atoms with Crippen molar-refractivity contribution in [2.24, 2.45) is 14.1 Å². The topological polar surface area (TPSA) is 81.9 Å². The Morgan fingerprint density at radius 3 is 2.58 bits per heavy atom. The number of hydrogen-bond acceptors (Lipinski definition) is 4. The van der Waals surface area contributed by atoms with E-state index in [0.29, 0.717) is 17.8 Å². The summed E-state index contributed by atoms with van der Waals surface area (Å²) >= 11 is 0. The van der Waals surface area contributed by atoms with Crippen LogP contribution in [0.5, 0.6) is 5.75 Å². The molecule has 0 aliphatic heterocycles. The van der Waals surface area contributed by atoms with E-state index in [1.807, 2.05) is 30.3 Å². The number of H-pyrrole nitrogens is 1. The fraction of sp³-hybridized carbons (Fsp3) is 0.353. The maximum absolute atomic E-state index is 12.0. The fourth-order valence-corrected chi connectivity index (χ4v) is 2.67. The number of aryl methyl sites for hydroxylation is 3. The molecule has 126 valence electrons. The average molecular weight is 328 g/mol. The summed E-state index contributed by atoms with van der Waals surface area (Å²) in [6.45, 7) is 0.632. The molecule has 0 radical (unpaired) electrons. The van der Waals surface area contributed by atoms with Gasteiger partial charge in [-0.25, -0.2) is 9.78 Å². The summed E-state index contributed by atoms with van der Waals surface area (Å²) in [6, 6.07) is 9.69. The molecule has 2 aromatic heterocycles. The standard InChI is InChI=1S/C17H20N4O3/c1-20-13(10-6-7-11-24-12-8-4-3-5-9-12)18-15-14(20)16(22)19-17(23)21(15)2/h3-5,8-9H,6-7,10-11H2,1-2H3,(H,19,22,23). The number of nitrogens with zero attached hydrogens (tertiary/aromatic N) is 3. The molecule has 24 heavy (non-hydrogen) atoms. The first-order chi connectivity index (χ1) is 11.6. The molecule has 0 aliphatic rings. The summed E-state index contributed by atoms with van der Waals surface area (Å²) in [4.78, 5) is 30.4. The number of imidazole rings is 1. The number of hydrogen-bond donors (Lipinski definition) is 1. The zero-order valence-corrected chi connectivity index (χ0v) is 13.8. The number of fused-ring (bicyclic) bond motifs is 1. The van der Waals surface area contributed by atoms with Crippen molar-refractivity contribution in [2.75, 3.05) is 6.61 Å². The van der Waals surface area contributed by atoms with Crippen LogP contribution in [0.25, 0.3) is 11.2 Å². The Labute approximate surface area is 138 Å². The van der Waals surface area contributed by atoms with Gasteiger partial charge in [0.2, 0.25) is 0 Å². The molecular weight excluding hydrogens is 308 g/mol. The van der Waals surface area contributed by atoms with Crippen LogP contribution in [0.1, 0.15) is 18.7 Å². The zero-order chi connectivity index (χ0) is 17.1. The molecule has 0 atom stereocenters. The minimum absolute atomic E-state index is 0.401. The van der Waals surface area contributed by atoms with Crippen molar-refractivity contribution in [1.29, 1.82) is 0 Å². The second-order valence-electron chi connectivity index (χ2n) is 5.70. The maximum Gasteiger partial charge on any atom is 0.329 e. The Morgan fingerprint density at radius 1 is 1.08 bits per heavy atom. The Kier molecular flexibility index (Phi) is 4.50. The Morgan fingerprint density at radius 2 is 1.83 bits per heavy atom. The summed E-state index contributed by atoms with van der Waals surface area (Å²) in [5.41, 5.74) is -0.00964. The molecule has 2 heterocycles. The predicted octanol–water partition coefficient (Wildman–Crippen LogP) is 1.36. The second-order valence-corrected chi connectivity index (χ2v) is 5.70. The molecule has 3 aromatic rings. The molecule has 7 heteroatoms. The first-order valence-corrected chi connectivity index (χ1v) is 7.90. The van der Waals surface area contributed by atoms with E-state index < -0.39 is 11.2 Å². The van der Waals surface area contributed by atoms with Crippen molar-refractivity contribution >= 4 is 11.2 Å². The van der Waals surface area contributed by atoms with E-state index >= 15 is 0 Å². The number of nitrogens with one attached hydrogen (secondary N) is 1. The number of para-hydroxylation sites is 1. The smallest absolute Gasteiger partial charge is 0.329 e. The van der Waals surface area contributed by atoms with E-state index in [9.17, 15) is 9.59 Å². The summed E-state index contributed by atoms with van der Waals surface area (Å²) in [5, 5.41) is 0. The van der Waals surface area contributed by atoms with Crippen molar-refractivity contribution < 1.29 is 4.74 Å². The second kappa shape index (κ2) is 6.74. The third kappa shape index (κ3) is 3.10. The molecule has 1 aromatic carbocycles. The molecule has 0 aliphatic carbocycles. The van der Waals surface area contributed by atoms with E-state index in [1.165, 1.54) is 4.57 Å². The van der Waals surface area contributed by atoms with Gasteiger partial charge in [0.15, 0.2) is 11.2 Å². The lowest BCUT2D eigenvalue weighted by molar-refractivity contribution is 0.306. The van der Waals surface area contributed by atoms with Gasteiger partial charge in [0.05, 0.1) is 6.61 Å². The van der Waals surface area contributed by atoms with Crippen LogP contribution in [0.3, 0.4) is 0 Å². The quantitative estimate of drug-likeness (QED) is 0.693. The van der Waals surface area contributed by atoms with Gasteiger partial charge in [-0.2, -0.15) is 0 Å². The number of ether oxygens (including phenoxy) is 1. The van der Waals surface area contributed by atoms with Crippen molar-refractivity contribution in [2.45, 2.75) is 19.3 Å². The molecular formula is C17H20N4O3. The van der Waals surface area contributed by atoms with Gasteiger partial charge in [-0.05, 0) is 25.0 Å². The molecule has 0 saturated heterocycles. The SMILES string of the molecule is Cn1c(CCCCOc2ccccc2)nc2c1c(=O)[nH]c(=O)n2C. The fourth-order valence-electron chi connectivity index (χ4n) is 2.67. The third-order valence-corrected chi connectivity index (χ3v) is 4.03. The van der Waals surface area contributed by atoms with Gasteiger partial charge in [-0.1, -0.05) is 18.2 Å². The molecule has 0 bridgehead atoms. The Balaban J connectivity index is 1.65. The molecule has 1 N–H and O–H groups in total. The largest absolute Gasteiger partial charge is 0.494 e. The number of aromatic nitrogens is 4. The van der Waals surface area contributed by atoms with Crippen molar-refractivity contribution in [3.05, 3.63) is 57.0 Å². The van der Waals surface area contributed by atoms with E-state index in [4.69, 9.17) is 4.74 Å². The highest BCUT2D eigenvalue weighted by molar-refractivity contribution is 5.70. The highest BCUT2D eigenvalue weighted by Gasteiger charge is 2.14. The monoisotopic (exact) mass is 328 g/mol.